The average molecular weight is 768 g/mol. The first-order chi connectivity index (χ1) is 25.6. The third-order valence-electron chi connectivity index (χ3n) is 8.83. The molecule has 8 nitrogen and oxygen atoms in total. The molecule has 0 aliphatic rings. The lowest BCUT2D eigenvalue weighted by molar-refractivity contribution is -0.870. The van der Waals surface area contributed by atoms with E-state index >= 15 is 0 Å². The van der Waals surface area contributed by atoms with Crippen LogP contribution in [0, 0.1) is 0 Å². The average Bonchev–Trinajstić information content (AvgIpc) is 3.11. The van der Waals surface area contributed by atoms with E-state index < -0.39 is 13.9 Å². The highest BCUT2D eigenvalue weighted by Crippen LogP contribution is 2.38. The summed E-state index contributed by atoms with van der Waals surface area (Å²) in [6.07, 6.45) is 44.0. The van der Waals surface area contributed by atoms with Gasteiger partial charge in [0.05, 0.1) is 34.4 Å². The lowest BCUT2D eigenvalue weighted by atomic mass is 10.1. The Hall–Kier alpha value is -1.54. The Bertz CT molecular complexity index is 989. The quantitative estimate of drug-likeness (QED) is 0.0202. The Labute approximate surface area is 327 Å². The highest BCUT2D eigenvalue weighted by atomic mass is 31.2. The van der Waals surface area contributed by atoms with E-state index in [4.69, 9.17) is 18.5 Å². The van der Waals surface area contributed by atoms with Crippen molar-refractivity contribution < 1.29 is 37.3 Å². The van der Waals surface area contributed by atoms with Crippen molar-refractivity contribution in [2.24, 2.45) is 0 Å². The summed E-state index contributed by atoms with van der Waals surface area (Å²) < 4.78 is 34.5. The van der Waals surface area contributed by atoms with Crippen LogP contribution in [0.2, 0.25) is 0 Å². The number of phosphoric acid groups is 1. The summed E-state index contributed by atoms with van der Waals surface area (Å²) in [5.41, 5.74) is 0. The Balaban J connectivity index is 4.28. The molecular weight excluding hydrogens is 685 g/mol. The van der Waals surface area contributed by atoms with E-state index in [1.54, 1.807) is 0 Å². The number of ether oxygens (including phenoxy) is 2. The van der Waals surface area contributed by atoms with Gasteiger partial charge in [-0.2, -0.15) is 0 Å². The number of allylic oxidation sites excluding steroid dienone is 8. The van der Waals surface area contributed by atoms with Crippen molar-refractivity contribution in [2.75, 3.05) is 54.1 Å². The van der Waals surface area contributed by atoms with Gasteiger partial charge in [-0.25, -0.2) is 0 Å². The molecule has 0 aliphatic heterocycles. The zero-order chi connectivity index (χ0) is 39.1. The van der Waals surface area contributed by atoms with Gasteiger partial charge in [0.15, 0.2) is 0 Å². The lowest BCUT2D eigenvalue weighted by Gasteiger charge is -2.28. The number of esters is 1. The van der Waals surface area contributed by atoms with Crippen molar-refractivity contribution >= 4 is 13.8 Å². The topological polar surface area (TPSA) is 94.1 Å². The minimum atomic E-state index is -4.53. The molecule has 0 saturated heterocycles. The number of phosphoric ester groups is 1. The van der Waals surface area contributed by atoms with E-state index in [2.05, 4.69) is 62.5 Å². The third kappa shape index (κ3) is 41.5. The molecule has 0 N–H and O–H groups in total. The Morgan fingerprint density at radius 1 is 0.585 bits per heavy atom. The predicted molar refractivity (Wildman–Crippen MR) is 222 cm³/mol. The highest BCUT2D eigenvalue weighted by Gasteiger charge is 2.20. The number of unbranched alkanes of at least 4 members (excludes halogenated alkanes) is 17. The summed E-state index contributed by atoms with van der Waals surface area (Å²) in [4.78, 5) is 25.0. The zero-order valence-electron chi connectivity index (χ0n) is 35.0. The molecule has 0 aromatic carbocycles. The second-order valence-electron chi connectivity index (χ2n) is 15.3. The molecule has 2 atom stereocenters. The van der Waals surface area contributed by atoms with Crippen LogP contribution in [0.15, 0.2) is 48.6 Å². The van der Waals surface area contributed by atoms with Crippen LogP contribution >= 0.6 is 7.82 Å². The van der Waals surface area contributed by atoms with Gasteiger partial charge < -0.3 is 27.9 Å². The first kappa shape index (κ1) is 51.5. The normalized spacial score (nSPS) is 14.3. The lowest BCUT2D eigenvalue weighted by Crippen LogP contribution is -2.37. The maximum absolute atomic E-state index is 12.7. The van der Waals surface area contributed by atoms with Crippen LogP contribution in [0.4, 0.5) is 0 Å². The van der Waals surface area contributed by atoms with Crippen molar-refractivity contribution in [3.8, 4) is 0 Å². The fourth-order valence-corrected chi connectivity index (χ4v) is 6.22. The summed E-state index contributed by atoms with van der Waals surface area (Å²) in [5, 5.41) is 0. The van der Waals surface area contributed by atoms with E-state index in [1.165, 1.54) is 77.0 Å². The van der Waals surface area contributed by atoms with Gasteiger partial charge in [0.25, 0.3) is 7.82 Å². The summed E-state index contributed by atoms with van der Waals surface area (Å²) in [5.74, 6) is -0.348. The number of nitrogens with zero attached hydrogens (tertiary/aromatic N) is 1. The summed E-state index contributed by atoms with van der Waals surface area (Å²) in [7, 11) is 1.34. The van der Waals surface area contributed by atoms with E-state index in [9.17, 15) is 14.3 Å². The first-order valence-electron chi connectivity index (χ1n) is 21.4. The van der Waals surface area contributed by atoms with Crippen molar-refractivity contribution in [2.45, 2.75) is 174 Å². The van der Waals surface area contributed by atoms with Gasteiger partial charge in [0.1, 0.15) is 19.3 Å². The van der Waals surface area contributed by atoms with Gasteiger partial charge >= 0.3 is 5.97 Å². The molecule has 9 heteroatoms. The van der Waals surface area contributed by atoms with Gasteiger partial charge in [0.2, 0.25) is 0 Å². The van der Waals surface area contributed by atoms with Gasteiger partial charge in [-0.1, -0.05) is 140 Å². The van der Waals surface area contributed by atoms with Gasteiger partial charge in [-0.3, -0.25) is 9.36 Å². The minimum Gasteiger partial charge on any atom is -0.756 e. The number of carbonyl (C=O) groups is 1. The fraction of sp³-hybridized carbons (Fsp3) is 0.795. The molecule has 0 aromatic heterocycles. The monoisotopic (exact) mass is 768 g/mol. The largest absolute Gasteiger partial charge is 0.756 e. The molecule has 0 fully saturated rings. The third-order valence-corrected chi connectivity index (χ3v) is 9.80. The summed E-state index contributed by atoms with van der Waals surface area (Å²) >= 11 is 0. The second-order valence-corrected chi connectivity index (χ2v) is 16.8. The Kier molecular flexibility index (Phi) is 36.3. The smallest absolute Gasteiger partial charge is 0.306 e. The molecule has 53 heavy (non-hydrogen) atoms. The van der Waals surface area contributed by atoms with Crippen molar-refractivity contribution in [3.05, 3.63) is 48.6 Å². The van der Waals surface area contributed by atoms with Crippen LogP contribution in [0.1, 0.15) is 168 Å². The van der Waals surface area contributed by atoms with Crippen LogP contribution in [0.5, 0.6) is 0 Å². The van der Waals surface area contributed by atoms with Gasteiger partial charge in [0, 0.05) is 13.0 Å². The predicted octanol–water partition coefficient (Wildman–Crippen LogP) is 11.7. The van der Waals surface area contributed by atoms with Crippen LogP contribution in [-0.2, 0) is 27.9 Å². The molecule has 0 heterocycles. The molecule has 0 bridgehead atoms. The van der Waals surface area contributed by atoms with Crippen LogP contribution < -0.4 is 4.89 Å². The molecule has 0 rings (SSSR count). The maximum atomic E-state index is 12.7. The van der Waals surface area contributed by atoms with Crippen LogP contribution in [0.3, 0.4) is 0 Å². The van der Waals surface area contributed by atoms with Crippen LogP contribution in [0.25, 0.3) is 0 Å². The Morgan fingerprint density at radius 3 is 1.60 bits per heavy atom. The molecule has 0 radical (unpaired) electrons. The Morgan fingerprint density at radius 2 is 1.08 bits per heavy atom. The van der Waals surface area contributed by atoms with E-state index in [0.717, 1.165) is 70.6 Å². The number of hydrogen-bond acceptors (Lipinski definition) is 7. The number of rotatable bonds is 39. The minimum absolute atomic E-state index is 0.0207. The molecule has 0 spiro atoms. The fourth-order valence-electron chi connectivity index (χ4n) is 5.50. The zero-order valence-corrected chi connectivity index (χ0v) is 35.8. The number of likely N-dealkylation sites (N-methyl/N-ethyl adjacent to an activating group) is 1. The molecule has 0 aliphatic carbocycles. The SMILES string of the molecule is CCC/C=C\C/C=C\CCCCCCCCOCC(COP(=O)([O-])OCC[N+](C)(C)C)OC(=O)CCCCCCCCC/C=C\C/C=C\CCCCC. The number of carbonyl (C=O) groups excluding carboxylic acids is 1. The molecule has 0 aromatic rings. The molecule has 0 saturated carbocycles. The number of hydrogen-bond donors (Lipinski definition) is 0. The molecule has 0 amide bonds. The van der Waals surface area contributed by atoms with Crippen molar-refractivity contribution in [1.29, 1.82) is 0 Å². The van der Waals surface area contributed by atoms with Crippen molar-refractivity contribution in [1.82, 2.24) is 0 Å². The first-order valence-corrected chi connectivity index (χ1v) is 22.8. The van der Waals surface area contributed by atoms with E-state index in [1.807, 2.05) is 21.1 Å². The van der Waals surface area contributed by atoms with Crippen molar-refractivity contribution in [3.63, 3.8) is 0 Å². The molecule has 2 unspecified atom stereocenters. The summed E-state index contributed by atoms with van der Waals surface area (Å²) in [6.45, 7) is 5.28. The second kappa shape index (κ2) is 37.4. The number of quaternary nitrogens is 1. The maximum Gasteiger partial charge on any atom is 0.306 e. The van der Waals surface area contributed by atoms with Gasteiger partial charge in [-0.15, -0.1) is 0 Å². The van der Waals surface area contributed by atoms with Crippen LogP contribution in [-0.4, -0.2) is 70.7 Å². The van der Waals surface area contributed by atoms with E-state index in [-0.39, 0.29) is 25.8 Å². The summed E-state index contributed by atoms with van der Waals surface area (Å²) in [6, 6.07) is 0. The molecular formula is C44H82NO7P. The molecule has 310 valence electrons. The van der Waals surface area contributed by atoms with E-state index in [0.29, 0.717) is 24.1 Å². The van der Waals surface area contributed by atoms with Gasteiger partial charge in [-0.05, 0) is 70.6 Å². The highest BCUT2D eigenvalue weighted by molar-refractivity contribution is 7.45. The standard InChI is InChI=1S/C44H82NO7P/c1-6-8-10-12-14-16-18-20-22-23-24-25-27-29-31-33-35-37-44(46)52-43(42-51-53(47,48)50-40-38-45(3,4)5)41-49-39-36-34-32-30-28-26-21-19-17-15-13-11-9-7-2/h11,13-14,16-17,19-20,22,43H,6-10,12,15,18,21,23-42H2,1-5H3/b13-11-,16-14-,19-17-,22-20-.